The molecule has 1 unspecified atom stereocenters. The lowest BCUT2D eigenvalue weighted by Gasteiger charge is -2.22. The van der Waals surface area contributed by atoms with Crippen molar-refractivity contribution >= 4 is 52.5 Å². The topological polar surface area (TPSA) is 126 Å². The highest BCUT2D eigenvalue weighted by Crippen LogP contribution is 2.33. The number of rotatable bonds is 10. The number of aromatic nitrogens is 2. The van der Waals surface area contributed by atoms with Crippen molar-refractivity contribution in [1.29, 1.82) is 0 Å². The number of nitrogens with two attached hydrogens (primary N) is 1. The third-order valence-corrected chi connectivity index (χ3v) is 7.64. The molecule has 1 aliphatic heterocycles. The van der Waals surface area contributed by atoms with Crippen LogP contribution in [0.5, 0.6) is 0 Å². The average Bonchev–Trinajstić information content (AvgIpc) is 3.45. The second-order valence-electron chi connectivity index (χ2n) is 10.5. The van der Waals surface area contributed by atoms with E-state index >= 15 is 0 Å². The van der Waals surface area contributed by atoms with Crippen LogP contribution in [-0.2, 0) is 11.3 Å². The zero-order valence-corrected chi connectivity index (χ0v) is 25.2. The van der Waals surface area contributed by atoms with Gasteiger partial charge in [-0.3, -0.25) is 9.59 Å². The molecule has 1 aromatic heterocycles. The zero-order chi connectivity index (χ0) is 30.5. The summed E-state index contributed by atoms with van der Waals surface area (Å²) < 4.78 is 0. The van der Waals surface area contributed by atoms with Gasteiger partial charge in [0.15, 0.2) is 5.82 Å². The number of halogens is 2. The van der Waals surface area contributed by atoms with Crippen molar-refractivity contribution in [2.24, 2.45) is 16.8 Å². The Kier molecular flexibility index (Phi) is 9.23. The Morgan fingerprint density at radius 2 is 1.63 bits per heavy atom. The van der Waals surface area contributed by atoms with Gasteiger partial charge in [-0.1, -0.05) is 91.6 Å². The van der Waals surface area contributed by atoms with Gasteiger partial charge >= 0.3 is 0 Å². The van der Waals surface area contributed by atoms with Crippen molar-refractivity contribution < 1.29 is 9.59 Å². The summed E-state index contributed by atoms with van der Waals surface area (Å²) in [7, 11) is 0. The van der Waals surface area contributed by atoms with Gasteiger partial charge in [0.05, 0.1) is 12.3 Å². The van der Waals surface area contributed by atoms with Gasteiger partial charge in [-0.25, -0.2) is 9.99 Å². The minimum atomic E-state index is -0.869. The van der Waals surface area contributed by atoms with Crippen LogP contribution in [0.4, 0.5) is 11.8 Å². The normalized spacial score (nSPS) is 15.2. The lowest BCUT2D eigenvalue weighted by atomic mass is 9.90. The van der Waals surface area contributed by atoms with E-state index in [9.17, 15) is 9.59 Å². The van der Waals surface area contributed by atoms with Gasteiger partial charge in [0, 0.05) is 28.7 Å². The number of hydrogen-bond donors (Lipinski definition) is 3. The van der Waals surface area contributed by atoms with Crippen LogP contribution in [0.2, 0.25) is 10.0 Å². The van der Waals surface area contributed by atoms with Crippen LogP contribution < -0.4 is 21.4 Å². The molecule has 0 bridgehead atoms. The molecule has 1 aliphatic rings. The van der Waals surface area contributed by atoms with Crippen LogP contribution in [0, 0.1) is 5.92 Å². The van der Waals surface area contributed by atoms with Crippen LogP contribution in [0.1, 0.15) is 46.8 Å². The second kappa shape index (κ2) is 13.2. The Hall–Kier alpha value is -4.47. The highest BCUT2D eigenvalue weighted by Gasteiger charge is 2.33. The fraction of sp³-hybridized carbons (Fsp3) is 0.219. The number of hydrogen-bond acceptors (Lipinski definition) is 7. The van der Waals surface area contributed by atoms with Crippen LogP contribution in [0.15, 0.2) is 90.2 Å². The first-order chi connectivity index (χ1) is 20.7. The third-order valence-electron chi connectivity index (χ3n) is 7.14. The van der Waals surface area contributed by atoms with Crippen molar-refractivity contribution in [2.75, 3.05) is 16.9 Å². The average molecular weight is 617 g/mol. The molecule has 3 aromatic carbocycles. The van der Waals surface area contributed by atoms with Crippen molar-refractivity contribution in [2.45, 2.75) is 32.4 Å². The predicted molar refractivity (Wildman–Crippen MR) is 171 cm³/mol. The molecule has 0 saturated carbocycles. The molecule has 0 fully saturated rings. The van der Waals surface area contributed by atoms with Crippen molar-refractivity contribution in [3.8, 4) is 0 Å². The largest absolute Gasteiger partial charge is 0.368 e. The molecule has 220 valence electrons. The van der Waals surface area contributed by atoms with Gasteiger partial charge in [0.25, 0.3) is 5.91 Å². The molecule has 4 N–H and O–H groups in total. The molecular weight excluding hydrogens is 585 g/mol. The number of nitrogens with zero attached hydrogens (tertiary/aromatic N) is 4. The summed E-state index contributed by atoms with van der Waals surface area (Å²) in [6.07, 6.45) is 1.44. The fourth-order valence-electron chi connectivity index (χ4n) is 4.85. The monoisotopic (exact) mass is 615 g/mol. The van der Waals surface area contributed by atoms with E-state index < -0.39 is 17.9 Å². The highest BCUT2D eigenvalue weighted by atomic mass is 35.5. The highest BCUT2D eigenvalue weighted by molar-refractivity contribution is 6.31. The van der Waals surface area contributed by atoms with Gasteiger partial charge in [0.2, 0.25) is 11.9 Å². The SMILES string of the molecule is CC(C)C(NC(=O)c1cnc(NCc2ccc(Cl)cc2)nc1N1C[C@H](c2ccccc2)C(c2ccc(Cl)cc2)=N1)C(N)=O. The lowest BCUT2D eigenvalue weighted by molar-refractivity contribution is -0.120. The Bertz CT molecular complexity index is 1630. The van der Waals surface area contributed by atoms with Crippen molar-refractivity contribution in [3.63, 3.8) is 0 Å². The van der Waals surface area contributed by atoms with Gasteiger partial charge in [-0.15, -0.1) is 0 Å². The first kappa shape index (κ1) is 30.0. The fourth-order valence-corrected chi connectivity index (χ4v) is 5.10. The maximum Gasteiger partial charge on any atom is 0.257 e. The summed E-state index contributed by atoms with van der Waals surface area (Å²) in [5, 5.41) is 13.9. The number of amides is 2. The molecule has 0 spiro atoms. The molecule has 0 aliphatic carbocycles. The Labute approximate surface area is 260 Å². The molecule has 5 rings (SSSR count). The van der Waals surface area contributed by atoms with E-state index in [0.717, 1.165) is 22.4 Å². The molecule has 2 heterocycles. The Morgan fingerprint density at radius 3 is 2.26 bits per heavy atom. The summed E-state index contributed by atoms with van der Waals surface area (Å²) in [4.78, 5) is 34.8. The molecule has 2 atom stereocenters. The standard InChI is InChI=1S/C32H31Cl2N7O2/c1-19(2)27(29(35)42)38-31(43)25-17-37-32(36-16-20-8-12-23(33)13-9-20)39-30(25)41-18-26(21-6-4-3-5-7-21)28(40-41)22-10-14-24(34)15-11-22/h3-15,17,19,26-27H,16,18H2,1-2H3,(H2,35,42)(H,38,43)(H,36,37,39)/t26-,27?/m1/s1. The second-order valence-corrected chi connectivity index (χ2v) is 11.4. The van der Waals surface area contributed by atoms with E-state index in [1.165, 1.54) is 6.20 Å². The molecule has 11 heteroatoms. The summed E-state index contributed by atoms with van der Waals surface area (Å²) >= 11 is 12.2. The van der Waals surface area contributed by atoms with E-state index in [-0.39, 0.29) is 17.4 Å². The Balaban J connectivity index is 1.54. The summed E-state index contributed by atoms with van der Waals surface area (Å²) in [5.41, 5.74) is 9.49. The van der Waals surface area contributed by atoms with Crippen LogP contribution in [0.25, 0.3) is 0 Å². The minimum absolute atomic E-state index is 0.118. The minimum Gasteiger partial charge on any atom is -0.368 e. The zero-order valence-electron chi connectivity index (χ0n) is 23.7. The molecule has 4 aromatic rings. The van der Waals surface area contributed by atoms with Gasteiger partial charge in [-0.2, -0.15) is 10.1 Å². The first-order valence-corrected chi connectivity index (χ1v) is 14.6. The quantitative estimate of drug-likeness (QED) is 0.212. The van der Waals surface area contributed by atoms with E-state index in [4.69, 9.17) is 39.0 Å². The Morgan fingerprint density at radius 1 is 0.977 bits per heavy atom. The number of benzene rings is 3. The summed E-state index contributed by atoms with van der Waals surface area (Å²) in [6.45, 7) is 4.47. The predicted octanol–water partition coefficient (Wildman–Crippen LogP) is 5.64. The molecular formula is C32H31Cl2N7O2. The van der Waals surface area contributed by atoms with E-state index in [0.29, 0.717) is 34.9 Å². The maximum atomic E-state index is 13.6. The van der Waals surface area contributed by atoms with Crippen LogP contribution in [0.3, 0.4) is 0 Å². The van der Waals surface area contributed by atoms with Gasteiger partial charge in [0.1, 0.15) is 11.6 Å². The number of primary amides is 1. The summed E-state index contributed by atoms with van der Waals surface area (Å²) in [5.74, 6) is -0.877. The molecule has 9 nitrogen and oxygen atoms in total. The first-order valence-electron chi connectivity index (χ1n) is 13.8. The number of carbonyl (C=O) groups excluding carboxylic acids is 2. The van der Waals surface area contributed by atoms with E-state index in [1.807, 2.05) is 92.7 Å². The lowest BCUT2D eigenvalue weighted by Crippen LogP contribution is -2.48. The number of carbonyl (C=O) groups is 2. The number of hydrazone groups is 1. The van der Waals surface area contributed by atoms with Crippen LogP contribution >= 0.6 is 23.2 Å². The molecule has 2 amide bonds. The number of nitrogens with one attached hydrogen (secondary N) is 2. The third kappa shape index (κ3) is 7.13. The van der Waals surface area contributed by atoms with Gasteiger partial charge in [-0.05, 0) is 46.9 Å². The van der Waals surface area contributed by atoms with Gasteiger partial charge < -0.3 is 16.4 Å². The van der Waals surface area contributed by atoms with Crippen molar-refractivity contribution in [3.05, 3.63) is 117 Å². The van der Waals surface area contributed by atoms with Crippen molar-refractivity contribution in [1.82, 2.24) is 15.3 Å². The van der Waals surface area contributed by atoms with Crippen LogP contribution in [-0.4, -0.2) is 40.1 Å². The summed E-state index contributed by atoms with van der Waals surface area (Å²) in [6, 6.07) is 24.1. The molecule has 0 radical (unpaired) electrons. The number of anilines is 2. The van der Waals surface area contributed by atoms with E-state index in [1.54, 1.807) is 5.01 Å². The maximum absolute atomic E-state index is 13.6. The molecule has 0 saturated heterocycles. The molecule has 43 heavy (non-hydrogen) atoms. The smallest absolute Gasteiger partial charge is 0.257 e. The van der Waals surface area contributed by atoms with E-state index in [2.05, 4.69) is 15.6 Å².